The first kappa shape index (κ1) is 24.2. The zero-order chi connectivity index (χ0) is 20.6. The lowest BCUT2D eigenvalue weighted by Crippen LogP contribution is -2.21. The summed E-state index contributed by atoms with van der Waals surface area (Å²) in [4.78, 5) is 24.3. The Morgan fingerprint density at radius 3 is 2.04 bits per heavy atom. The highest BCUT2D eigenvalue weighted by Crippen LogP contribution is 2.17. The summed E-state index contributed by atoms with van der Waals surface area (Å²) in [6.07, 6.45) is 12.2. The maximum atomic E-state index is 12.2. The van der Waals surface area contributed by atoms with Crippen LogP contribution in [0.3, 0.4) is 0 Å². The van der Waals surface area contributed by atoms with Gasteiger partial charge in [0, 0.05) is 0 Å². The van der Waals surface area contributed by atoms with Crippen LogP contribution in [-0.4, -0.2) is 18.5 Å². The van der Waals surface area contributed by atoms with Crippen LogP contribution in [0, 0.1) is 5.92 Å². The van der Waals surface area contributed by atoms with Gasteiger partial charge in [0.25, 0.3) is 0 Å². The second-order valence-electron chi connectivity index (χ2n) is 7.45. The van der Waals surface area contributed by atoms with Gasteiger partial charge < -0.3 is 9.47 Å². The maximum Gasteiger partial charge on any atom is 0.345 e. The predicted molar refractivity (Wildman–Crippen MR) is 114 cm³/mol. The number of benzene rings is 1. The number of ether oxygens (including phenoxy) is 2. The first-order valence-corrected chi connectivity index (χ1v) is 11.1. The van der Waals surface area contributed by atoms with Crippen LogP contribution in [0.15, 0.2) is 24.3 Å². The van der Waals surface area contributed by atoms with Crippen LogP contribution in [0.4, 0.5) is 0 Å². The minimum atomic E-state index is -0.585. The van der Waals surface area contributed by atoms with Crippen molar-refractivity contribution in [2.24, 2.45) is 5.92 Å². The molecule has 0 aliphatic carbocycles. The molecule has 1 rings (SSSR count). The summed E-state index contributed by atoms with van der Waals surface area (Å²) in [5.74, 6) is -0.462. The van der Waals surface area contributed by atoms with Crippen molar-refractivity contribution in [1.82, 2.24) is 0 Å². The fourth-order valence-corrected chi connectivity index (χ4v) is 3.11. The van der Waals surface area contributed by atoms with Crippen LogP contribution in [0.5, 0.6) is 5.75 Å². The van der Waals surface area contributed by atoms with E-state index < -0.39 is 11.9 Å². The topological polar surface area (TPSA) is 52.6 Å². The molecular formula is C24H38O4. The fourth-order valence-electron chi connectivity index (χ4n) is 3.11. The molecule has 4 nitrogen and oxygen atoms in total. The van der Waals surface area contributed by atoms with Crippen molar-refractivity contribution in [2.75, 3.05) is 6.61 Å². The number of esters is 2. The summed E-state index contributed by atoms with van der Waals surface area (Å²) in [5.41, 5.74) is 0.377. The third kappa shape index (κ3) is 9.91. The number of unbranched alkanes of at least 4 members (excludes halogenated alkanes) is 7. The van der Waals surface area contributed by atoms with Crippen LogP contribution in [0.2, 0.25) is 0 Å². The number of carbonyl (C=O) groups is 2. The van der Waals surface area contributed by atoms with Gasteiger partial charge >= 0.3 is 11.9 Å². The van der Waals surface area contributed by atoms with Gasteiger partial charge in [0.05, 0.1) is 18.1 Å². The van der Waals surface area contributed by atoms with Crippen LogP contribution in [0.1, 0.15) is 102 Å². The zero-order valence-electron chi connectivity index (χ0n) is 18.0. The van der Waals surface area contributed by atoms with Gasteiger partial charge in [0.15, 0.2) is 0 Å². The van der Waals surface area contributed by atoms with Crippen molar-refractivity contribution >= 4 is 11.9 Å². The van der Waals surface area contributed by atoms with Gasteiger partial charge in [-0.2, -0.15) is 0 Å². The number of hydrogen-bond acceptors (Lipinski definition) is 4. The van der Waals surface area contributed by atoms with Crippen LogP contribution >= 0.6 is 0 Å². The molecule has 1 atom stereocenters. The lowest BCUT2D eigenvalue weighted by Gasteiger charge is -2.12. The average molecular weight is 391 g/mol. The van der Waals surface area contributed by atoms with Crippen molar-refractivity contribution in [3.8, 4) is 5.75 Å². The third-order valence-corrected chi connectivity index (χ3v) is 5.03. The number of hydrogen-bond donors (Lipinski definition) is 0. The first-order chi connectivity index (χ1) is 13.6. The van der Waals surface area contributed by atoms with E-state index in [1.165, 1.54) is 38.5 Å². The lowest BCUT2D eigenvalue weighted by atomic mass is 10.00. The molecule has 0 saturated carbocycles. The largest absolute Gasteiger partial charge is 0.494 e. The molecule has 0 aromatic heterocycles. The summed E-state index contributed by atoms with van der Waals surface area (Å²) in [5, 5.41) is 0. The Bertz CT molecular complexity index is 550. The summed E-state index contributed by atoms with van der Waals surface area (Å²) in [6.45, 7) is 6.95. The van der Waals surface area contributed by atoms with Gasteiger partial charge in [-0.15, -0.1) is 0 Å². The van der Waals surface area contributed by atoms with Crippen LogP contribution in [-0.2, 0) is 9.53 Å². The van der Waals surface area contributed by atoms with Crippen molar-refractivity contribution < 1.29 is 19.1 Å². The Morgan fingerprint density at radius 2 is 1.43 bits per heavy atom. The molecule has 1 aromatic rings. The van der Waals surface area contributed by atoms with E-state index >= 15 is 0 Å². The van der Waals surface area contributed by atoms with Gasteiger partial charge in [0.1, 0.15) is 5.75 Å². The van der Waals surface area contributed by atoms with Crippen LogP contribution < -0.4 is 4.74 Å². The molecule has 0 heterocycles. The molecular weight excluding hydrogens is 352 g/mol. The van der Waals surface area contributed by atoms with Crippen molar-refractivity contribution in [1.29, 1.82) is 0 Å². The third-order valence-electron chi connectivity index (χ3n) is 5.03. The van der Waals surface area contributed by atoms with Gasteiger partial charge in [0.2, 0.25) is 0 Å². The average Bonchev–Trinajstić information content (AvgIpc) is 2.71. The molecule has 0 amide bonds. The molecule has 28 heavy (non-hydrogen) atoms. The van der Waals surface area contributed by atoms with E-state index in [0.29, 0.717) is 18.6 Å². The highest BCUT2D eigenvalue weighted by atomic mass is 16.6. The molecule has 158 valence electrons. The molecule has 0 radical (unpaired) electrons. The van der Waals surface area contributed by atoms with Gasteiger partial charge in [-0.3, -0.25) is 4.79 Å². The second-order valence-corrected chi connectivity index (χ2v) is 7.45. The van der Waals surface area contributed by atoms with E-state index in [1.54, 1.807) is 24.3 Å². The Balaban J connectivity index is 2.32. The highest BCUT2D eigenvalue weighted by Gasteiger charge is 2.21. The summed E-state index contributed by atoms with van der Waals surface area (Å²) >= 11 is 0. The normalized spacial score (nSPS) is 11.8. The molecule has 0 N–H and O–H groups in total. The van der Waals surface area contributed by atoms with E-state index in [2.05, 4.69) is 13.8 Å². The SMILES string of the molecule is CCCCCCCCCOc1ccc(C(=O)OC(=O)C(CC)CCCC)cc1. The van der Waals surface area contributed by atoms with Gasteiger partial charge in [-0.05, 0) is 43.5 Å². The predicted octanol–water partition coefficient (Wildman–Crippen LogP) is 6.72. The molecule has 4 heteroatoms. The minimum Gasteiger partial charge on any atom is -0.494 e. The minimum absolute atomic E-state index is 0.200. The van der Waals surface area contributed by atoms with E-state index in [9.17, 15) is 9.59 Å². The number of rotatable bonds is 15. The van der Waals surface area contributed by atoms with Crippen molar-refractivity contribution in [3.05, 3.63) is 29.8 Å². The smallest absolute Gasteiger partial charge is 0.345 e. The van der Waals surface area contributed by atoms with Gasteiger partial charge in [-0.1, -0.05) is 72.1 Å². The van der Waals surface area contributed by atoms with E-state index in [0.717, 1.165) is 31.4 Å². The lowest BCUT2D eigenvalue weighted by molar-refractivity contribution is -0.143. The molecule has 0 spiro atoms. The Kier molecular flexibility index (Phi) is 13.1. The quantitative estimate of drug-likeness (QED) is 0.190. The summed E-state index contributed by atoms with van der Waals surface area (Å²) in [6, 6.07) is 6.83. The molecule has 0 aliphatic rings. The Labute approximate surface area is 171 Å². The highest BCUT2D eigenvalue weighted by molar-refractivity contribution is 5.97. The second kappa shape index (κ2) is 15.1. The van der Waals surface area contributed by atoms with Crippen molar-refractivity contribution in [3.63, 3.8) is 0 Å². The van der Waals surface area contributed by atoms with E-state index in [4.69, 9.17) is 9.47 Å². The Hall–Kier alpha value is -1.84. The van der Waals surface area contributed by atoms with E-state index in [-0.39, 0.29) is 5.92 Å². The fraction of sp³-hybridized carbons (Fsp3) is 0.667. The zero-order valence-corrected chi connectivity index (χ0v) is 18.0. The molecule has 0 aliphatic heterocycles. The molecule has 1 unspecified atom stereocenters. The molecule has 1 aromatic carbocycles. The van der Waals surface area contributed by atoms with Gasteiger partial charge in [-0.25, -0.2) is 4.79 Å². The summed E-state index contributed by atoms with van der Waals surface area (Å²) in [7, 11) is 0. The molecule has 0 fully saturated rings. The first-order valence-electron chi connectivity index (χ1n) is 11.1. The van der Waals surface area contributed by atoms with Crippen LogP contribution in [0.25, 0.3) is 0 Å². The Morgan fingerprint density at radius 1 is 0.821 bits per heavy atom. The molecule has 0 saturated heterocycles. The standard InChI is InChI=1S/C24H38O4/c1-4-7-9-10-11-12-13-19-27-22-17-15-21(16-18-22)24(26)28-23(25)20(6-3)14-8-5-2/h15-18,20H,4-14,19H2,1-3H3. The molecule has 0 bridgehead atoms. The summed E-state index contributed by atoms with van der Waals surface area (Å²) < 4.78 is 10.8. The van der Waals surface area contributed by atoms with Crippen molar-refractivity contribution in [2.45, 2.75) is 91.4 Å². The maximum absolute atomic E-state index is 12.2. The number of carbonyl (C=O) groups excluding carboxylic acids is 2. The monoisotopic (exact) mass is 390 g/mol. The van der Waals surface area contributed by atoms with E-state index in [1.807, 2.05) is 6.92 Å².